The summed E-state index contributed by atoms with van der Waals surface area (Å²) in [4.78, 5) is 29.1. The number of carboxylic acid groups (broad SMARTS) is 1. The average Bonchev–Trinajstić information content (AvgIpc) is 2.81. The van der Waals surface area contributed by atoms with Crippen LogP contribution in [0.5, 0.6) is 17.4 Å². The Bertz CT molecular complexity index is 1100. The minimum Gasteiger partial charge on any atom is -0.488 e. The minimum absolute atomic E-state index is 0.0422. The molecule has 3 rings (SSSR count). The maximum absolute atomic E-state index is 14.1. The molecule has 1 N–H and O–H groups in total. The molecule has 0 saturated heterocycles. The van der Waals surface area contributed by atoms with Crippen molar-refractivity contribution in [2.45, 2.75) is 51.8 Å². The zero-order valence-electron chi connectivity index (χ0n) is 19.9. The number of carbonyl (C=O) groups is 2. The maximum Gasteiger partial charge on any atom is 0.573 e. The molecule has 1 aromatic heterocycles. The van der Waals surface area contributed by atoms with Crippen LogP contribution in [0.3, 0.4) is 0 Å². The number of aliphatic carboxylic acids is 1. The van der Waals surface area contributed by atoms with Gasteiger partial charge in [0.2, 0.25) is 0 Å². The van der Waals surface area contributed by atoms with Gasteiger partial charge in [0.25, 0.3) is 5.88 Å². The summed E-state index contributed by atoms with van der Waals surface area (Å²) in [6, 6.07) is 4.03. The zero-order chi connectivity index (χ0) is 26.5. The van der Waals surface area contributed by atoms with Gasteiger partial charge in [-0.1, -0.05) is 6.92 Å². The van der Waals surface area contributed by atoms with Crippen LogP contribution in [0.15, 0.2) is 30.5 Å². The van der Waals surface area contributed by atoms with Crippen molar-refractivity contribution in [3.05, 3.63) is 47.4 Å². The number of alkyl halides is 3. The van der Waals surface area contributed by atoms with Gasteiger partial charge in [0, 0.05) is 24.6 Å². The molecule has 2 aromatic rings. The van der Waals surface area contributed by atoms with Gasteiger partial charge >= 0.3 is 12.3 Å². The molecule has 1 aromatic carbocycles. The summed E-state index contributed by atoms with van der Waals surface area (Å²) in [7, 11) is 1.33. The number of rotatable bonds is 10. The first-order chi connectivity index (χ1) is 16.9. The fourth-order valence-electron chi connectivity index (χ4n) is 4.24. The summed E-state index contributed by atoms with van der Waals surface area (Å²) in [6.07, 6.45) is -1.67. The smallest absolute Gasteiger partial charge is 0.488 e. The SMILES string of the molecule is COc1ncc(C(=O)CC2(C(=O)O)CCC(C)CC2)cc1OCCc1cc(OC(F)(F)F)ccc1F. The summed E-state index contributed by atoms with van der Waals surface area (Å²) < 4.78 is 66.0. The molecule has 1 heterocycles. The van der Waals surface area contributed by atoms with Crippen LogP contribution in [0.2, 0.25) is 0 Å². The van der Waals surface area contributed by atoms with E-state index in [0.717, 1.165) is 31.0 Å². The normalized spacial score (nSPS) is 20.0. The van der Waals surface area contributed by atoms with Crippen LogP contribution in [-0.4, -0.2) is 41.9 Å². The number of ether oxygens (including phenoxy) is 3. The molecule has 1 aliphatic rings. The Hall–Kier alpha value is -3.37. The van der Waals surface area contributed by atoms with Crippen molar-refractivity contribution in [3.8, 4) is 17.4 Å². The summed E-state index contributed by atoms with van der Waals surface area (Å²) in [5.74, 6) is -2.19. The Morgan fingerprint density at radius 1 is 1.19 bits per heavy atom. The molecule has 0 radical (unpaired) electrons. The first-order valence-electron chi connectivity index (χ1n) is 11.4. The lowest BCUT2D eigenvalue weighted by atomic mass is 9.68. The van der Waals surface area contributed by atoms with E-state index in [1.807, 2.05) is 0 Å². The Morgan fingerprint density at radius 3 is 2.50 bits per heavy atom. The zero-order valence-corrected chi connectivity index (χ0v) is 19.9. The molecular formula is C25H27F4NO6. The highest BCUT2D eigenvalue weighted by Gasteiger charge is 2.43. The van der Waals surface area contributed by atoms with Crippen molar-refractivity contribution < 1.29 is 46.5 Å². The predicted molar refractivity (Wildman–Crippen MR) is 120 cm³/mol. The molecule has 0 aliphatic heterocycles. The molecule has 1 fully saturated rings. The molecular weight excluding hydrogens is 486 g/mol. The molecule has 1 aliphatic carbocycles. The molecule has 0 atom stereocenters. The molecule has 11 heteroatoms. The lowest BCUT2D eigenvalue weighted by Crippen LogP contribution is -2.37. The summed E-state index contributed by atoms with van der Waals surface area (Å²) in [5.41, 5.74) is -1.06. The predicted octanol–water partition coefficient (Wildman–Crippen LogP) is 5.60. The number of hydrogen-bond donors (Lipinski definition) is 1. The van der Waals surface area contributed by atoms with Crippen molar-refractivity contribution in [2.75, 3.05) is 13.7 Å². The lowest BCUT2D eigenvalue weighted by molar-refractivity contribution is -0.274. The largest absolute Gasteiger partial charge is 0.573 e. The second-order valence-corrected chi connectivity index (χ2v) is 9.00. The topological polar surface area (TPSA) is 95.0 Å². The van der Waals surface area contributed by atoms with Crippen molar-refractivity contribution in [1.29, 1.82) is 0 Å². The van der Waals surface area contributed by atoms with Crippen molar-refractivity contribution in [3.63, 3.8) is 0 Å². The third-order valence-corrected chi connectivity index (χ3v) is 6.40. The highest BCUT2D eigenvalue weighted by atomic mass is 19.4. The highest BCUT2D eigenvalue weighted by molar-refractivity contribution is 5.99. The molecule has 1 saturated carbocycles. The number of methoxy groups -OCH3 is 1. The molecule has 36 heavy (non-hydrogen) atoms. The van der Waals surface area contributed by atoms with E-state index in [-0.39, 0.29) is 42.2 Å². The number of carbonyl (C=O) groups excluding carboxylic acids is 1. The van der Waals surface area contributed by atoms with Crippen molar-refractivity contribution in [2.24, 2.45) is 11.3 Å². The van der Waals surface area contributed by atoms with Gasteiger partial charge in [-0.15, -0.1) is 13.2 Å². The second kappa shape index (κ2) is 11.1. The Balaban J connectivity index is 1.71. The minimum atomic E-state index is -4.91. The monoisotopic (exact) mass is 513 g/mol. The number of aromatic nitrogens is 1. The van der Waals surface area contributed by atoms with Crippen LogP contribution in [0.4, 0.5) is 17.6 Å². The van der Waals surface area contributed by atoms with Gasteiger partial charge < -0.3 is 19.3 Å². The number of carboxylic acids is 1. The number of pyridine rings is 1. The number of halogens is 4. The average molecular weight is 513 g/mol. The van der Waals surface area contributed by atoms with E-state index in [1.54, 1.807) is 0 Å². The van der Waals surface area contributed by atoms with Gasteiger partial charge in [-0.25, -0.2) is 9.37 Å². The van der Waals surface area contributed by atoms with Crippen LogP contribution in [0.25, 0.3) is 0 Å². The summed E-state index contributed by atoms with van der Waals surface area (Å²) in [5, 5.41) is 9.82. The fraction of sp³-hybridized carbons (Fsp3) is 0.480. The Morgan fingerprint density at radius 2 is 1.89 bits per heavy atom. The van der Waals surface area contributed by atoms with Gasteiger partial charge in [-0.05, 0) is 61.4 Å². The first kappa shape index (κ1) is 27.2. The van der Waals surface area contributed by atoms with E-state index in [9.17, 15) is 32.3 Å². The van der Waals surface area contributed by atoms with Crippen LogP contribution in [-0.2, 0) is 11.2 Å². The number of benzene rings is 1. The fourth-order valence-corrected chi connectivity index (χ4v) is 4.24. The molecule has 0 unspecified atom stereocenters. The van der Waals surface area contributed by atoms with E-state index in [0.29, 0.717) is 18.8 Å². The van der Waals surface area contributed by atoms with Crippen LogP contribution in [0.1, 0.15) is 54.9 Å². The van der Waals surface area contributed by atoms with Gasteiger partial charge in [-0.3, -0.25) is 9.59 Å². The standard InChI is InChI=1S/C25H27F4NO6/c1-15-5-8-24(9-6-15,23(32)33)13-20(31)17-12-21(22(34-2)30-14-17)35-10-7-16-11-18(3-4-19(16)26)36-25(27,28)29/h3-4,11-12,14-15H,5-10,13H2,1-2H3,(H,32,33). The molecule has 0 spiro atoms. The van der Waals surface area contributed by atoms with E-state index < -0.39 is 35.1 Å². The third-order valence-electron chi connectivity index (χ3n) is 6.40. The van der Waals surface area contributed by atoms with Crippen LogP contribution < -0.4 is 14.2 Å². The second-order valence-electron chi connectivity index (χ2n) is 9.00. The Labute approximate surface area is 205 Å². The lowest BCUT2D eigenvalue weighted by Gasteiger charge is -2.35. The van der Waals surface area contributed by atoms with Crippen molar-refractivity contribution >= 4 is 11.8 Å². The quantitative estimate of drug-likeness (QED) is 0.326. The molecule has 196 valence electrons. The Kier molecular flexibility index (Phi) is 8.42. The van der Waals surface area contributed by atoms with Gasteiger partial charge in [-0.2, -0.15) is 0 Å². The number of nitrogens with zero attached hydrogens (tertiary/aromatic N) is 1. The molecule has 0 amide bonds. The van der Waals surface area contributed by atoms with Crippen LogP contribution in [0, 0.1) is 17.2 Å². The van der Waals surface area contributed by atoms with E-state index in [1.165, 1.54) is 19.4 Å². The summed E-state index contributed by atoms with van der Waals surface area (Å²) in [6.45, 7) is 1.88. The van der Waals surface area contributed by atoms with E-state index in [2.05, 4.69) is 16.6 Å². The molecule has 0 bridgehead atoms. The van der Waals surface area contributed by atoms with Crippen LogP contribution >= 0.6 is 0 Å². The maximum atomic E-state index is 14.1. The number of Topliss-reactive ketones (excluding diaryl/α,β-unsaturated/α-hetero) is 1. The summed E-state index contributed by atoms with van der Waals surface area (Å²) >= 11 is 0. The van der Waals surface area contributed by atoms with Gasteiger partial charge in [0.1, 0.15) is 11.6 Å². The molecule has 7 nitrogen and oxygen atoms in total. The highest BCUT2D eigenvalue weighted by Crippen LogP contribution is 2.43. The van der Waals surface area contributed by atoms with Gasteiger partial charge in [0.05, 0.1) is 19.1 Å². The number of hydrogen-bond acceptors (Lipinski definition) is 6. The van der Waals surface area contributed by atoms with E-state index in [4.69, 9.17) is 9.47 Å². The van der Waals surface area contributed by atoms with Crippen molar-refractivity contribution in [1.82, 2.24) is 4.98 Å². The van der Waals surface area contributed by atoms with Gasteiger partial charge in [0.15, 0.2) is 11.5 Å². The number of ketones is 1. The van der Waals surface area contributed by atoms with E-state index >= 15 is 0 Å². The first-order valence-corrected chi connectivity index (χ1v) is 11.4. The third kappa shape index (κ3) is 6.86.